The van der Waals surface area contributed by atoms with Gasteiger partial charge in [-0.25, -0.2) is 0 Å². The molecule has 0 fully saturated rings. The normalized spacial score (nSPS) is 14.5. The van der Waals surface area contributed by atoms with Crippen LogP contribution in [-0.2, 0) is 10.8 Å². The molecule has 1 atom stereocenters. The summed E-state index contributed by atoms with van der Waals surface area (Å²) >= 11 is 0. The Morgan fingerprint density at radius 2 is 1.37 bits per heavy atom. The van der Waals surface area contributed by atoms with Crippen molar-refractivity contribution in [1.29, 1.82) is 0 Å². The van der Waals surface area contributed by atoms with Gasteiger partial charge in [0.1, 0.15) is 0 Å². The van der Waals surface area contributed by atoms with Gasteiger partial charge < -0.3 is 10.8 Å². The van der Waals surface area contributed by atoms with Crippen LogP contribution in [-0.4, -0.2) is 11.7 Å². The smallest absolute Gasteiger partial charge is 0.0449 e. The average Bonchev–Trinajstić information content (AvgIpc) is 2.26. The fourth-order valence-electron chi connectivity index (χ4n) is 2.04. The molecular formula is C17H29NO. The van der Waals surface area contributed by atoms with E-state index in [9.17, 15) is 0 Å². The lowest BCUT2D eigenvalue weighted by Gasteiger charge is -2.27. The summed E-state index contributed by atoms with van der Waals surface area (Å²) in [5, 5.41) is 9.08. The molecular weight excluding hydrogens is 234 g/mol. The predicted molar refractivity (Wildman–Crippen MR) is 82.5 cm³/mol. The highest BCUT2D eigenvalue weighted by atomic mass is 16.3. The second-order valence-electron chi connectivity index (χ2n) is 7.46. The number of rotatable bonds is 3. The average molecular weight is 263 g/mol. The molecule has 0 saturated carbocycles. The monoisotopic (exact) mass is 263 g/mol. The van der Waals surface area contributed by atoms with E-state index in [1.807, 2.05) is 0 Å². The molecule has 19 heavy (non-hydrogen) atoms. The van der Waals surface area contributed by atoms with E-state index in [0.717, 1.165) is 5.56 Å². The maximum atomic E-state index is 9.08. The summed E-state index contributed by atoms with van der Waals surface area (Å²) in [6.07, 6.45) is 0.608. The van der Waals surface area contributed by atoms with E-state index >= 15 is 0 Å². The van der Waals surface area contributed by atoms with Gasteiger partial charge in [0.15, 0.2) is 0 Å². The van der Waals surface area contributed by atoms with Gasteiger partial charge in [-0.1, -0.05) is 59.7 Å². The Morgan fingerprint density at radius 3 is 1.68 bits per heavy atom. The van der Waals surface area contributed by atoms with E-state index in [-0.39, 0.29) is 23.5 Å². The molecule has 0 saturated heterocycles. The summed E-state index contributed by atoms with van der Waals surface area (Å²) in [5.74, 6) is 0. The van der Waals surface area contributed by atoms with Crippen molar-refractivity contribution in [3.8, 4) is 0 Å². The molecule has 1 aromatic rings. The first-order valence-corrected chi connectivity index (χ1v) is 7.08. The standard InChI is InChI=1S/C17H29NO/c1-16(2,3)13-9-12(15(18)7-8-19)10-14(11-13)17(4,5)6/h9-11,15,19H,7-8,18H2,1-6H3. The van der Waals surface area contributed by atoms with Gasteiger partial charge in [0.25, 0.3) is 0 Å². The molecule has 1 unspecified atom stereocenters. The van der Waals surface area contributed by atoms with Gasteiger partial charge in [0.05, 0.1) is 0 Å². The number of aliphatic hydroxyl groups is 1. The molecule has 0 aliphatic heterocycles. The largest absolute Gasteiger partial charge is 0.396 e. The number of aliphatic hydroxyl groups excluding tert-OH is 1. The summed E-state index contributed by atoms with van der Waals surface area (Å²) in [6, 6.07) is 6.58. The van der Waals surface area contributed by atoms with Crippen molar-refractivity contribution >= 4 is 0 Å². The predicted octanol–water partition coefficient (Wildman–Crippen LogP) is 3.66. The van der Waals surface area contributed by atoms with E-state index in [1.165, 1.54) is 11.1 Å². The molecule has 1 rings (SSSR count). The molecule has 0 heterocycles. The third kappa shape index (κ3) is 4.32. The van der Waals surface area contributed by atoms with Gasteiger partial charge in [-0.15, -0.1) is 0 Å². The Bertz CT molecular complexity index is 392. The molecule has 0 bridgehead atoms. The van der Waals surface area contributed by atoms with E-state index in [1.54, 1.807) is 0 Å². The van der Waals surface area contributed by atoms with Gasteiger partial charge in [0.2, 0.25) is 0 Å². The van der Waals surface area contributed by atoms with Crippen LogP contribution in [0.15, 0.2) is 18.2 Å². The van der Waals surface area contributed by atoms with Crippen LogP contribution < -0.4 is 5.73 Å². The van der Waals surface area contributed by atoms with Crippen LogP contribution >= 0.6 is 0 Å². The molecule has 0 spiro atoms. The molecule has 0 aliphatic rings. The van der Waals surface area contributed by atoms with E-state index in [2.05, 4.69) is 59.7 Å². The van der Waals surface area contributed by atoms with Crippen molar-refractivity contribution in [2.75, 3.05) is 6.61 Å². The Morgan fingerprint density at radius 1 is 0.947 bits per heavy atom. The van der Waals surface area contributed by atoms with Crippen molar-refractivity contribution in [1.82, 2.24) is 0 Å². The van der Waals surface area contributed by atoms with Gasteiger partial charge in [0, 0.05) is 12.6 Å². The minimum atomic E-state index is -0.0894. The topological polar surface area (TPSA) is 46.2 Å². The molecule has 3 N–H and O–H groups in total. The fourth-order valence-corrected chi connectivity index (χ4v) is 2.04. The maximum Gasteiger partial charge on any atom is 0.0449 e. The minimum Gasteiger partial charge on any atom is -0.396 e. The zero-order chi connectivity index (χ0) is 14.8. The maximum absolute atomic E-state index is 9.08. The summed E-state index contributed by atoms with van der Waals surface area (Å²) < 4.78 is 0. The van der Waals surface area contributed by atoms with Crippen LogP contribution in [0.4, 0.5) is 0 Å². The van der Waals surface area contributed by atoms with Gasteiger partial charge in [-0.2, -0.15) is 0 Å². The lowest BCUT2D eigenvalue weighted by atomic mass is 9.79. The first kappa shape index (κ1) is 16.2. The van der Waals surface area contributed by atoms with Crippen molar-refractivity contribution < 1.29 is 5.11 Å². The van der Waals surface area contributed by atoms with Crippen molar-refractivity contribution in [3.05, 3.63) is 34.9 Å². The molecule has 2 heteroatoms. The van der Waals surface area contributed by atoms with Crippen molar-refractivity contribution in [2.45, 2.75) is 64.8 Å². The van der Waals surface area contributed by atoms with E-state index < -0.39 is 0 Å². The van der Waals surface area contributed by atoms with Crippen LogP contribution in [0.25, 0.3) is 0 Å². The summed E-state index contributed by atoms with van der Waals surface area (Å²) in [7, 11) is 0. The molecule has 1 aromatic carbocycles. The van der Waals surface area contributed by atoms with Crippen LogP contribution in [0.2, 0.25) is 0 Å². The first-order chi connectivity index (χ1) is 8.55. The van der Waals surface area contributed by atoms with Crippen LogP contribution in [0.3, 0.4) is 0 Å². The molecule has 0 aliphatic carbocycles. The SMILES string of the molecule is CC(C)(C)c1cc(C(N)CCO)cc(C(C)(C)C)c1. The molecule has 2 nitrogen and oxygen atoms in total. The number of hydrogen-bond donors (Lipinski definition) is 2. The van der Waals surface area contributed by atoms with Gasteiger partial charge in [-0.3, -0.25) is 0 Å². The Kier molecular flexibility index (Phi) is 4.81. The zero-order valence-electron chi connectivity index (χ0n) is 13.2. The number of benzene rings is 1. The highest BCUT2D eigenvalue weighted by molar-refractivity contribution is 5.38. The third-order valence-corrected chi connectivity index (χ3v) is 3.56. The zero-order valence-corrected chi connectivity index (χ0v) is 13.2. The second kappa shape index (κ2) is 5.64. The third-order valence-electron chi connectivity index (χ3n) is 3.56. The molecule has 0 aromatic heterocycles. The first-order valence-electron chi connectivity index (χ1n) is 7.08. The van der Waals surface area contributed by atoms with Crippen molar-refractivity contribution in [3.63, 3.8) is 0 Å². The lowest BCUT2D eigenvalue weighted by molar-refractivity contribution is 0.276. The van der Waals surface area contributed by atoms with E-state index in [4.69, 9.17) is 10.8 Å². The Balaban J connectivity index is 3.33. The van der Waals surface area contributed by atoms with Crippen LogP contribution in [0.1, 0.15) is 70.7 Å². The number of hydrogen-bond acceptors (Lipinski definition) is 2. The molecule has 108 valence electrons. The highest BCUT2D eigenvalue weighted by Gasteiger charge is 2.21. The summed E-state index contributed by atoms with van der Waals surface area (Å²) in [6.45, 7) is 13.4. The fraction of sp³-hybridized carbons (Fsp3) is 0.647. The van der Waals surface area contributed by atoms with Gasteiger partial charge >= 0.3 is 0 Å². The Hall–Kier alpha value is -0.860. The van der Waals surface area contributed by atoms with Crippen LogP contribution in [0, 0.1) is 0 Å². The highest BCUT2D eigenvalue weighted by Crippen LogP contribution is 2.32. The molecule has 0 radical (unpaired) electrons. The second-order valence-corrected chi connectivity index (χ2v) is 7.46. The number of nitrogens with two attached hydrogens (primary N) is 1. The lowest BCUT2D eigenvalue weighted by Crippen LogP contribution is -2.20. The summed E-state index contributed by atoms with van der Waals surface area (Å²) in [4.78, 5) is 0. The quantitative estimate of drug-likeness (QED) is 0.874. The molecule has 0 amide bonds. The Labute approximate surface area is 118 Å². The minimum absolute atomic E-state index is 0.0894. The van der Waals surface area contributed by atoms with Crippen molar-refractivity contribution in [2.24, 2.45) is 5.73 Å². The van der Waals surface area contributed by atoms with E-state index in [0.29, 0.717) is 6.42 Å². The summed E-state index contributed by atoms with van der Waals surface area (Å²) in [5.41, 5.74) is 10.1. The van der Waals surface area contributed by atoms with Gasteiger partial charge in [-0.05, 0) is 33.9 Å². The van der Waals surface area contributed by atoms with Crippen LogP contribution in [0.5, 0.6) is 0 Å².